The van der Waals surface area contributed by atoms with Crippen molar-refractivity contribution >= 4 is 5.97 Å². The van der Waals surface area contributed by atoms with Crippen molar-refractivity contribution in [2.75, 3.05) is 6.61 Å². The van der Waals surface area contributed by atoms with Crippen molar-refractivity contribution in [3.63, 3.8) is 0 Å². The second kappa shape index (κ2) is 16.6. The maximum Gasteiger partial charge on any atom is 0.303 e. The molecule has 0 rings (SSSR count). The molecule has 0 aromatic rings. The molecule has 0 aromatic heterocycles. The van der Waals surface area contributed by atoms with Gasteiger partial charge in [0.15, 0.2) is 0 Å². The number of carboxylic acid groups (broad SMARTS) is 1. The maximum absolute atomic E-state index is 9.37. The van der Waals surface area contributed by atoms with Crippen LogP contribution in [0, 0.1) is 0 Å². The molecule has 0 bridgehead atoms. The lowest BCUT2D eigenvalue weighted by Gasteiger charge is -1.97. The van der Waals surface area contributed by atoms with Gasteiger partial charge in [-0.15, -0.1) is 6.58 Å². The summed E-state index contributed by atoms with van der Waals surface area (Å²) in [5.41, 5.74) is 0. The molecule has 0 fully saturated rings. The zero-order valence-electron chi connectivity index (χ0n) is 10.5. The fourth-order valence-corrected chi connectivity index (χ4v) is 1.11. The number of carboxylic acids is 1. The summed E-state index contributed by atoms with van der Waals surface area (Å²) in [6.07, 6.45) is 10.7. The molecule has 0 saturated heterocycles. The molecule has 0 aliphatic heterocycles. The van der Waals surface area contributed by atoms with Gasteiger partial charge < -0.3 is 10.2 Å². The van der Waals surface area contributed by atoms with Gasteiger partial charge in [-0.3, -0.25) is 4.79 Å². The van der Waals surface area contributed by atoms with Crippen LogP contribution in [0.4, 0.5) is 0 Å². The first-order valence-corrected chi connectivity index (χ1v) is 6.12. The molecule has 0 aromatic carbocycles. The van der Waals surface area contributed by atoms with E-state index < -0.39 is 5.97 Å². The van der Waals surface area contributed by atoms with Crippen molar-refractivity contribution in [3.05, 3.63) is 12.7 Å². The topological polar surface area (TPSA) is 57.5 Å². The Hall–Kier alpha value is -0.830. The number of unbranched alkanes of at least 4 members (excludes halogenated alkanes) is 6. The molecule has 0 heterocycles. The first kappa shape index (κ1) is 17.6. The third kappa shape index (κ3) is 23.2. The summed E-state index contributed by atoms with van der Waals surface area (Å²) in [4.78, 5) is 9.37. The molecular weight excluding hydrogens is 204 g/mol. The van der Waals surface area contributed by atoms with Gasteiger partial charge in [0.1, 0.15) is 0 Å². The highest BCUT2D eigenvalue weighted by atomic mass is 16.4. The lowest BCUT2D eigenvalue weighted by Crippen LogP contribution is -1.86. The molecule has 0 saturated carbocycles. The summed E-state index contributed by atoms with van der Waals surface area (Å²) >= 11 is 0. The standard InChI is InChI=1S/C10H20O.C3H6O2/c1-2-3-4-5-6-7-8-9-10-11;1-2-3(4)5/h2,11H,1,3-10H2;2H2,1H3,(H,4,5). The average Bonchev–Trinajstić information content (AvgIpc) is 2.29. The van der Waals surface area contributed by atoms with Gasteiger partial charge in [-0.25, -0.2) is 0 Å². The zero-order chi connectivity index (χ0) is 12.6. The normalized spacial score (nSPS) is 9.12. The SMILES string of the molecule is C=CCCCCCCCCO.CCC(=O)O. The second-order valence-corrected chi connectivity index (χ2v) is 3.67. The monoisotopic (exact) mass is 230 g/mol. The Labute approximate surface area is 99.2 Å². The molecule has 0 radical (unpaired) electrons. The quantitative estimate of drug-likeness (QED) is 0.471. The lowest BCUT2D eigenvalue weighted by atomic mass is 10.1. The Kier molecular flexibility index (Phi) is 18.2. The van der Waals surface area contributed by atoms with Crippen LogP contribution >= 0.6 is 0 Å². The van der Waals surface area contributed by atoms with Crippen LogP contribution in [0.5, 0.6) is 0 Å². The van der Waals surface area contributed by atoms with Crippen LogP contribution in [0.2, 0.25) is 0 Å². The van der Waals surface area contributed by atoms with E-state index in [1.807, 2.05) is 6.08 Å². The molecule has 3 nitrogen and oxygen atoms in total. The molecule has 0 spiro atoms. The van der Waals surface area contributed by atoms with Crippen molar-refractivity contribution in [2.45, 2.75) is 58.3 Å². The van der Waals surface area contributed by atoms with Crippen LogP contribution in [0.3, 0.4) is 0 Å². The van der Waals surface area contributed by atoms with E-state index in [4.69, 9.17) is 10.2 Å². The molecule has 0 atom stereocenters. The third-order valence-corrected chi connectivity index (χ3v) is 2.12. The summed E-state index contributed by atoms with van der Waals surface area (Å²) in [6, 6.07) is 0. The first-order chi connectivity index (χ1) is 7.68. The van der Waals surface area contributed by atoms with E-state index in [1.54, 1.807) is 6.92 Å². The van der Waals surface area contributed by atoms with Crippen LogP contribution < -0.4 is 0 Å². The fraction of sp³-hybridized carbons (Fsp3) is 0.769. The maximum atomic E-state index is 9.37. The van der Waals surface area contributed by atoms with Gasteiger partial charge in [-0.1, -0.05) is 38.7 Å². The fourth-order valence-electron chi connectivity index (χ4n) is 1.11. The summed E-state index contributed by atoms with van der Waals surface area (Å²) in [5.74, 6) is -0.745. The van der Waals surface area contributed by atoms with Crippen LogP contribution in [0.25, 0.3) is 0 Å². The number of aliphatic hydroxyl groups is 1. The predicted molar refractivity (Wildman–Crippen MR) is 67.5 cm³/mol. The minimum absolute atomic E-state index is 0.222. The largest absolute Gasteiger partial charge is 0.481 e. The van der Waals surface area contributed by atoms with Crippen molar-refractivity contribution < 1.29 is 15.0 Å². The van der Waals surface area contributed by atoms with Gasteiger partial charge >= 0.3 is 5.97 Å². The summed E-state index contributed by atoms with van der Waals surface area (Å²) < 4.78 is 0. The van der Waals surface area contributed by atoms with Crippen molar-refractivity contribution in [1.82, 2.24) is 0 Å². The summed E-state index contributed by atoms with van der Waals surface area (Å²) in [7, 11) is 0. The molecule has 0 aliphatic rings. The lowest BCUT2D eigenvalue weighted by molar-refractivity contribution is -0.136. The number of rotatable bonds is 9. The van der Waals surface area contributed by atoms with Gasteiger partial charge in [0.25, 0.3) is 0 Å². The smallest absolute Gasteiger partial charge is 0.303 e. The van der Waals surface area contributed by atoms with Gasteiger partial charge in [0, 0.05) is 13.0 Å². The molecule has 0 amide bonds. The molecule has 0 aliphatic carbocycles. The van der Waals surface area contributed by atoms with Crippen LogP contribution in [0.15, 0.2) is 12.7 Å². The molecule has 0 unspecified atom stereocenters. The number of carbonyl (C=O) groups is 1. The Morgan fingerprint density at radius 2 is 1.56 bits per heavy atom. The minimum Gasteiger partial charge on any atom is -0.481 e. The van der Waals surface area contributed by atoms with Crippen molar-refractivity contribution in [2.24, 2.45) is 0 Å². The molecule has 16 heavy (non-hydrogen) atoms. The van der Waals surface area contributed by atoms with E-state index in [0.29, 0.717) is 6.61 Å². The summed E-state index contributed by atoms with van der Waals surface area (Å²) in [6.45, 7) is 5.63. The number of hydrogen-bond acceptors (Lipinski definition) is 2. The van der Waals surface area contributed by atoms with E-state index >= 15 is 0 Å². The first-order valence-electron chi connectivity index (χ1n) is 6.12. The second-order valence-electron chi connectivity index (χ2n) is 3.67. The zero-order valence-corrected chi connectivity index (χ0v) is 10.5. The number of allylic oxidation sites excluding steroid dienone is 1. The van der Waals surface area contributed by atoms with Crippen LogP contribution in [0.1, 0.15) is 58.3 Å². The van der Waals surface area contributed by atoms with E-state index in [0.717, 1.165) is 12.8 Å². The highest BCUT2D eigenvalue weighted by Gasteiger charge is 1.88. The third-order valence-electron chi connectivity index (χ3n) is 2.12. The molecule has 2 N–H and O–H groups in total. The Balaban J connectivity index is 0. The van der Waals surface area contributed by atoms with Gasteiger partial charge in [-0.2, -0.15) is 0 Å². The molecule has 3 heteroatoms. The van der Waals surface area contributed by atoms with Gasteiger partial charge in [0.05, 0.1) is 0 Å². The Bertz CT molecular complexity index is 155. The van der Waals surface area contributed by atoms with Crippen LogP contribution in [-0.2, 0) is 4.79 Å². The van der Waals surface area contributed by atoms with Gasteiger partial charge in [0.2, 0.25) is 0 Å². The average molecular weight is 230 g/mol. The van der Waals surface area contributed by atoms with E-state index in [1.165, 1.54) is 32.1 Å². The van der Waals surface area contributed by atoms with Crippen molar-refractivity contribution in [3.8, 4) is 0 Å². The van der Waals surface area contributed by atoms with Gasteiger partial charge in [-0.05, 0) is 19.3 Å². The Morgan fingerprint density at radius 1 is 1.12 bits per heavy atom. The van der Waals surface area contributed by atoms with E-state index in [9.17, 15) is 4.79 Å². The van der Waals surface area contributed by atoms with Crippen molar-refractivity contribution in [1.29, 1.82) is 0 Å². The number of aliphatic hydroxyl groups excluding tert-OH is 1. The van der Waals surface area contributed by atoms with E-state index in [-0.39, 0.29) is 6.42 Å². The molecule has 96 valence electrons. The predicted octanol–water partition coefficient (Wildman–Crippen LogP) is 3.38. The highest BCUT2D eigenvalue weighted by molar-refractivity contribution is 5.66. The number of aliphatic carboxylic acids is 1. The van der Waals surface area contributed by atoms with E-state index in [2.05, 4.69) is 6.58 Å². The Morgan fingerprint density at radius 3 is 1.94 bits per heavy atom. The minimum atomic E-state index is -0.745. The van der Waals surface area contributed by atoms with Crippen LogP contribution in [-0.4, -0.2) is 22.8 Å². The highest BCUT2D eigenvalue weighted by Crippen LogP contribution is 2.06. The molecular formula is C13H26O3. The number of hydrogen-bond donors (Lipinski definition) is 2. The summed E-state index contributed by atoms with van der Waals surface area (Å²) in [5, 5.41) is 16.2.